The van der Waals surface area contributed by atoms with E-state index in [1.54, 1.807) is 14.3 Å². The first-order valence-electron chi connectivity index (χ1n) is 8.78. The first kappa shape index (κ1) is 15.7. The fourth-order valence-corrected chi connectivity index (χ4v) is 19.0. The van der Waals surface area contributed by atoms with Crippen molar-refractivity contribution in [3.63, 3.8) is 0 Å². The molecule has 0 aromatic heterocycles. The van der Waals surface area contributed by atoms with Gasteiger partial charge in [-0.05, 0) is 0 Å². The van der Waals surface area contributed by atoms with Crippen molar-refractivity contribution in [1.82, 2.24) is 0 Å². The normalized spacial score (nSPS) is 14.4. The van der Waals surface area contributed by atoms with E-state index in [1.165, 1.54) is 19.3 Å². The summed E-state index contributed by atoms with van der Waals surface area (Å²) in [5.74, 6) is 0. The van der Waals surface area contributed by atoms with E-state index in [-0.39, 0.29) is 0 Å². The van der Waals surface area contributed by atoms with Gasteiger partial charge in [0.15, 0.2) is 0 Å². The van der Waals surface area contributed by atoms with Gasteiger partial charge in [-0.2, -0.15) is 0 Å². The van der Waals surface area contributed by atoms with Gasteiger partial charge in [0, 0.05) is 0 Å². The van der Waals surface area contributed by atoms with Crippen LogP contribution in [0.4, 0.5) is 0 Å². The van der Waals surface area contributed by atoms with E-state index in [4.69, 9.17) is 0 Å². The third-order valence-corrected chi connectivity index (χ3v) is 19.5. The van der Waals surface area contributed by atoms with Crippen LogP contribution in [0.2, 0.25) is 0 Å². The van der Waals surface area contributed by atoms with Crippen molar-refractivity contribution in [1.29, 1.82) is 0 Å². The Morgan fingerprint density at radius 1 is 0.542 bits per heavy atom. The molecule has 0 saturated carbocycles. The quantitative estimate of drug-likeness (QED) is 0.567. The van der Waals surface area contributed by atoms with Gasteiger partial charge >= 0.3 is 149 Å². The van der Waals surface area contributed by atoms with Crippen LogP contribution in [-0.4, -0.2) is 18.4 Å². The van der Waals surface area contributed by atoms with Gasteiger partial charge in [0.1, 0.15) is 0 Å². The Kier molecular flexibility index (Phi) is 4.57. The molecule has 0 saturated heterocycles. The standard InChI is InChI=1S/3C6H5.C5H7.Sn/c3*1-2-4-6-5-3-1;1-2-4-5-3-1;/h3*1-5H;1H,2,4-5H2;. The van der Waals surface area contributed by atoms with Crippen molar-refractivity contribution in [3.05, 3.63) is 101 Å². The van der Waals surface area contributed by atoms with E-state index in [0.29, 0.717) is 0 Å². The molecule has 0 radical (unpaired) electrons. The molecule has 0 amide bonds. The van der Waals surface area contributed by atoms with E-state index in [2.05, 4.69) is 97.1 Å². The molecule has 0 spiro atoms. The van der Waals surface area contributed by atoms with Gasteiger partial charge in [-0.1, -0.05) is 0 Å². The molecule has 3 aromatic carbocycles. The molecule has 118 valence electrons. The zero-order valence-corrected chi connectivity index (χ0v) is 16.7. The second-order valence-corrected chi connectivity index (χ2v) is 17.5. The molecule has 0 atom stereocenters. The summed E-state index contributed by atoms with van der Waals surface area (Å²) in [5, 5.41) is 0. The summed E-state index contributed by atoms with van der Waals surface area (Å²) in [6.07, 6.45) is 6.36. The molecule has 0 N–H and O–H groups in total. The number of allylic oxidation sites excluding steroid dienone is 2. The van der Waals surface area contributed by atoms with E-state index >= 15 is 0 Å². The molecular formula is C23H22Sn. The monoisotopic (exact) mass is 418 g/mol. The van der Waals surface area contributed by atoms with Crippen LogP contribution in [0.5, 0.6) is 0 Å². The van der Waals surface area contributed by atoms with Crippen molar-refractivity contribution < 1.29 is 0 Å². The third kappa shape index (κ3) is 2.63. The predicted molar refractivity (Wildman–Crippen MR) is 106 cm³/mol. The van der Waals surface area contributed by atoms with Gasteiger partial charge in [-0.3, -0.25) is 0 Å². The fraction of sp³-hybridized carbons (Fsp3) is 0.130. The number of hydrogen-bond donors (Lipinski definition) is 0. The van der Waals surface area contributed by atoms with E-state index in [0.717, 1.165) is 0 Å². The average Bonchev–Trinajstić information content (AvgIpc) is 3.20. The zero-order chi connectivity index (χ0) is 16.2. The number of hydrogen-bond acceptors (Lipinski definition) is 0. The van der Waals surface area contributed by atoms with Crippen LogP contribution >= 0.6 is 0 Å². The van der Waals surface area contributed by atoms with Gasteiger partial charge in [0.2, 0.25) is 0 Å². The van der Waals surface area contributed by atoms with Gasteiger partial charge in [0.05, 0.1) is 0 Å². The molecule has 1 aliphatic rings. The van der Waals surface area contributed by atoms with Gasteiger partial charge in [-0.15, -0.1) is 0 Å². The van der Waals surface area contributed by atoms with E-state index < -0.39 is 18.4 Å². The van der Waals surface area contributed by atoms with Gasteiger partial charge in [0.25, 0.3) is 0 Å². The topological polar surface area (TPSA) is 0 Å². The molecule has 4 rings (SSSR count). The summed E-state index contributed by atoms with van der Waals surface area (Å²) in [6, 6.07) is 33.9. The molecule has 0 aliphatic heterocycles. The SMILES string of the molecule is C1=[C]([Sn]([c]2ccccc2)([c]2ccccc2)[c]2ccccc2)CCC1. The minimum absolute atomic E-state index is 1.24. The van der Waals surface area contributed by atoms with Crippen molar-refractivity contribution in [2.75, 3.05) is 0 Å². The molecule has 0 nitrogen and oxygen atoms in total. The molecule has 1 aliphatic carbocycles. The van der Waals surface area contributed by atoms with E-state index in [1.807, 2.05) is 0 Å². The summed E-state index contributed by atoms with van der Waals surface area (Å²) in [4.78, 5) is 0. The Balaban J connectivity index is 2.07. The maximum absolute atomic E-state index is 3.13. The molecule has 0 unspecified atom stereocenters. The summed E-state index contributed by atoms with van der Waals surface area (Å²) >= 11 is -3.13. The summed E-state index contributed by atoms with van der Waals surface area (Å²) in [5.41, 5.74) is 0. The Labute approximate surface area is 148 Å². The van der Waals surface area contributed by atoms with Gasteiger partial charge in [-0.25, -0.2) is 0 Å². The molecule has 0 bridgehead atoms. The molecular weight excluding hydrogens is 395 g/mol. The van der Waals surface area contributed by atoms with Crippen LogP contribution < -0.4 is 10.7 Å². The van der Waals surface area contributed by atoms with Crippen LogP contribution in [0.25, 0.3) is 0 Å². The van der Waals surface area contributed by atoms with Crippen molar-refractivity contribution in [2.45, 2.75) is 19.3 Å². The van der Waals surface area contributed by atoms with Gasteiger partial charge < -0.3 is 0 Å². The Bertz CT molecular complexity index is 723. The van der Waals surface area contributed by atoms with Crippen LogP contribution in [0.15, 0.2) is 101 Å². The Hall–Kier alpha value is -1.80. The summed E-state index contributed by atoms with van der Waals surface area (Å²) in [7, 11) is 0. The molecule has 1 heteroatoms. The zero-order valence-electron chi connectivity index (χ0n) is 13.9. The second-order valence-electron chi connectivity index (χ2n) is 6.47. The van der Waals surface area contributed by atoms with Crippen LogP contribution in [-0.2, 0) is 0 Å². The molecule has 3 aromatic rings. The molecule has 0 fully saturated rings. The van der Waals surface area contributed by atoms with Crippen molar-refractivity contribution in [2.24, 2.45) is 0 Å². The number of rotatable bonds is 4. The van der Waals surface area contributed by atoms with E-state index in [9.17, 15) is 0 Å². The van der Waals surface area contributed by atoms with Crippen LogP contribution in [0.3, 0.4) is 0 Å². The predicted octanol–water partition coefficient (Wildman–Crippen LogP) is 3.81. The maximum atomic E-state index is 2.56. The fourth-order valence-electron chi connectivity index (χ4n) is 4.13. The average molecular weight is 417 g/mol. The molecule has 0 heterocycles. The first-order chi connectivity index (χ1) is 11.9. The molecule has 24 heavy (non-hydrogen) atoms. The van der Waals surface area contributed by atoms with Crippen LogP contribution in [0.1, 0.15) is 19.3 Å². The Morgan fingerprint density at radius 2 is 0.958 bits per heavy atom. The Morgan fingerprint density at radius 3 is 1.29 bits per heavy atom. The summed E-state index contributed by atoms with van der Waals surface area (Å²) < 4.78 is 6.44. The number of benzene rings is 3. The first-order valence-corrected chi connectivity index (χ1v) is 14.5. The summed E-state index contributed by atoms with van der Waals surface area (Å²) in [6.45, 7) is 0. The van der Waals surface area contributed by atoms with Crippen LogP contribution in [0, 0.1) is 0 Å². The minimum atomic E-state index is -3.13. The second kappa shape index (κ2) is 6.98. The third-order valence-electron chi connectivity index (χ3n) is 5.14. The van der Waals surface area contributed by atoms with Crippen molar-refractivity contribution >= 4 is 29.1 Å². The van der Waals surface area contributed by atoms with Crippen molar-refractivity contribution in [3.8, 4) is 0 Å².